The maximum absolute atomic E-state index is 12.5. The molecule has 1 aliphatic rings. The summed E-state index contributed by atoms with van der Waals surface area (Å²) in [6, 6.07) is 8.33. The smallest absolute Gasteiger partial charge is 0.275 e. The lowest BCUT2D eigenvalue weighted by Gasteiger charge is -2.26. The Morgan fingerprint density at radius 2 is 1.88 bits per heavy atom. The summed E-state index contributed by atoms with van der Waals surface area (Å²) < 4.78 is 0. The first-order chi connectivity index (χ1) is 11.7. The zero-order chi connectivity index (χ0) is 16.9. The van der Waals surface area contributed by atoms with Gasteiger partial charge in [-0.3, -0.25) is 4.79 Å². The fourth-order valence-electron chi connectivity index (χ4n) is 3.10. The number of carbonyl (C=O) groups is 1. The normalized spacial score (nSPS) is 20.6. The van der Waals surface area contributed by atoms with E-state index in [1.807, 2.05) is 12.1 Å². The largest absolute Gasteiger partial charge is 0.348 e. The van der Waals surface area contributed by atoms with Crippen LogP contribution in [0, 0.1) is 5.92 Å². The van der Waals surface area contributed by atoms with Crippen LogP contribution >= 0.6 is 0 Å². The highest BCUT2D eigenvalue weighted by Gasteiger charge is 2.23. The molecule has 1 fully saturated rings. The van der Waals surface area contributed by atoms with Crippen LogP contribution in [0.4, 0.5) is 11.5 Å². The number of nitrogens with one attached hydrogen (secondary N) is 3. The van der Waals surface area contributed by atoms with Crippen molar-refractivity contribution in [2.45, 2.75) is 52.0 Å². The predicted molar refractivity (Wildman–Crippen MR) is 94.4 cm³/mol. The fraction of sp³-hybridized carbons (Fsp3) is 0.500. The van der Waals surface area contributed by atoms with Gasteiger partial charge in [-0.05, 0) is 55.7 Å². The summed E-state index contributed by atoms with van der Waals surface area (Å²) >= 11 is 0. The van der Waals surface area contributed by atoms with E-state index in [2.05, 4.69) is 52.0 Å². The number of hydrogen-bond donors (Lipinski definition) is 3. The Bertz CT molecular complexity index is 671. The van der Waals surface area contributed by atoms with Gasteiger partial charge in [0.05, 0.1) is 0 Å². The second-order valence-electron chi connectivity index (χ2n) is 6.63. The molecule has 0 bridgehead atoms. The lowest BCUT2D eigenvalue weighted by Crippen LogP contribution is -2.37. The molecule has 3 N–H and O–H groups in total. The Labute approximate surface area is 142 Å². The number of H-pyrrole nitrogens is 1. The van der Waals surface area contributed by atoms with E-state index >= 15 is 0 Å². The lowest BCUT2D eigenvalue weighted by atomic mass is 9.87. The molecule has 128 valence electrons. The molecule has 0 radical (unpaired) electrons. The zero-order valence-electron chi connectivity index (χ0n) is 14.3. The van der Waals surface area contributed by atoms with Gasteiger partial charge in [-0.25, -0.2) is 0 Å². The number of aromatic nitrogens is 3. The van der Waals surface area contributed by atoms with Crippen molar-refractivity contribution < 1.29 is 4.79 Å². The van der Waals surface area contributed by atoms with Crippen LogP contribution < -0.4 is 10.6 Å². The van der Waals surface area contributed by atoms with Gasteiger partial charge in [0.2, 0.25) is 0 Å². The van der Waals surface area contributed by atoms with Crippen molar-refractivity contribution in [1.82, 2.24) is 20.7 Å². The van der Waals surface area contributed by atoms with Crippen molar-refractivity contribution in [3.63, 3.8) is 0 Å². The van der Waals surface area contributed by atoms with E-state index in [1.54, 1.807) is 0 Å². The maximum Gasteiger partial charge on any atom is 0.275 e. The maximum atomic E-state index is 12.5. The summed E-state index contributed by atoms with van der Waals surface area (Å²) in [5.41, 5.74) is 2.47. The number of carbonyl (C=O) groups excluding carboxylic acids is 1. The van der Waals surface area contributed by atoms with Crippen LogP contribution in [0.3, 0.4) is 0 Å². The molecule has 0 unspecified atom stereocenters. The fourth-order valence-corrected chi connectivity index (χ4v) is 3.10. The Kier molecular flexibility index (Phi) is 5.13. The minimum atomic E-state index is -0.170. The molecule has 6 nitrogen and oxygen atoms in total. The number of aromatic amines is 1. The molecule has 1 aliphatic carbocycles. The first kappa shape index (κ1) is 16.5. The number of rotatable bonds is 5. The van der Waals surface area contributed by atoms with Crippen LogP contribution in [0.25, 0.3) is 0 Å². The van der Waals surface area contributed by atoms with Crippen molar-refractivity contribution in [2.75, 3.05) is 5.32 Å². The van der Waals surface area contributed by atoms with Crippen LogP contribution in [0.5, 0.6) is 0 Å². The average Bonchev–Trinajstić information content (AvgIpc) is 3.06. The van der Waals surface area contributed by atoms with Gasteiger partial charge in [-0.15, -0.1) is 10.2 Å². The lowest BCUT2D eigenvalue weighted by molar-refractivity contribution is 0.0918. The molecule has 3 rings (SSSR count). The van der Waals surface area contributed by atoms with E-state index in [1.165, 1.54) is 18.4 Å². The molecule has 0 aliphatic heterocycles. The van der Waals surface area contributed by atoms with E-state index in [4.69, 9.17) is 0 Å². The minimum absolute atomic E-state index is 0.170. The second-order valence-corrected chi connectivity index (χ2v) is 6.63. The summed E-state index contributed by atoms with van der Waals surface area (Å²) in [7, 11) is 0. The van der Waals surface area contributed by atoms with Crippen molar-refractivity contribution >= 4 is 17.4 Å². The standard InChI is InChI=1S/C18H25N5O/c1-3-13-6-10-14(11-7-13)19-17-16(21-23-22-17)18(24)20-15-8-4-12(2)5-9-15/h6-7,10-12,15H,3-5,8-9H2,1-2H3,(H,20,24)(H2,19,21,22,23). The van der Waals surface area contributed by atoms with Gasteiger partial charge in [0, 0.05) is 11.7 Å². The van der Waals surface area contributed by atoms with Gasteiger partial charge in [-0.2, -0.15) is 5.21 Å². The molecule has 6 heteroatoms. The third-order valence-corrected chi connectivity index (χ3v) is 4.74. The summed E-state index contributed by atoms with van der Waals surface area (Å²) in [5.74, 6) is 1.05. The molecule has 24 heavy (non-hydrogen) atoms. The highest BCUT2D eigenvalue weighted by Crippen LogP contribution is 2.24. The quantitative estimate of drug-likeness (QED) is 0.786. The number of amides is 1. The summed E-state index contributed by atoms with van der Waals surface area (Å²) in [5, 5.41) is 16.9. The molecule has 1 aromatic heterocycles. The third-order valence-electron chi connectivity index (χ3n) is 4.74. The van der Waals surface area contributed by atoms with Gasteiger partial charge < -0.3 is 10.6 Å². The van der Waals surface area contributed by atoms with Crippen molar-refractivity contribution in [3.05, 3.63) is 35.5 Å². The van der Waals surface area contributed by atoms with Crippen LogP contribution in [0.1, 0.15) is 55.6 Å². The van der Waals surface area contributed by atoms with E-state index in [0.717, 1.165) is 30.9 Å². The molecule has 0 saturated heterocycles. The van der Waals surface area contributed by atoms with Crippen LogP contribution in [-0.4, -0.2) is 27.4 Å². The number of benzene rings is 1. The SMILES string of the molecule is CCc1ccc(Nc2n[nH]nc2C(=O)NC2CCC(C)CC2)cc1. The first-order valence-corrected chi connectivity index (χ1v) is 8.73. The van der Waals surface area contributed by atoms with Crippen molar-refractivity contribution in [2.24, 2.45) is 5.92 Å². The van der Waals surface area contributed by atoms with E-state index in [-0.39, 0.29) is 11.9 Å². The van der Waals surface area contributed by atoms with Gasteiger partial charge in [0.1, 0.15) is 0 Å². The van der Waals surface area contributed by atoms with Gasteiger partial charge in [0.25, 0.3) is 5.91 Å². The summed E-state index contributed by atoms with van der Waals surface area (Å²) in [6.45, 7) is 4.38. The molecular formula is C18H25N5O. The summed E-state index contributed by atoms with van der Waals surface area (Å²) in [4.78, 5) is 12.5. The molecular weight excluding hydrogens is 302 g/mol. The molecule has 1 amide bonds. The highest BCUT2D eigenvalue weighted by molar-refractivity contribution is 5.97. The topological polar surface area (TPSA) is 82.7 Å². The van der Waals surface area contributed by atoms with E-state index in [0.29, 0.717) is 11.5 Å². The van der Waals surface area contributed by atoms with E-state index in [9.17, 15) is 4.79 Å². The number of nitrogens with zero attached hydrogens (tertiary/aromatic N) is 2. The Balaban J connectivity index is 1.64. The molecule has 0 atom stereocenters. The Morgan fingerprint density at radius 1 is 1.17 bits per heavy atom. The van der Waals surface area contributed by atoms with Gasteiger partial charge >= 0.3 is 0 Å². The predicted octanol–water partition coefficient (Wildman–Crippen LogP) is 3.42. The third kappa shape index (κ3) is 3.93. The van der Waals surface area contributed by atoms with Crippen LogP contribution in [-0.2, 0) is 6.42 Å². The monoisotopic (exact) mass is 327 g/mol. The van der Waals surface area contributed by atoms with Gasteiger partial charge in [-0.1, -0.05) is 26.0 Å². The highest BCUT2D eigenvalue weighted by atomic mass is 16.2. The molecule has 1 heterocycles. The second kappa shape index (κ2) is 7.47. The van der Waals surface area contributed by atoms with Gasteiger partial charge in [0.15, 0.2) is 11.5 Å². The Hall–Kier alpha value is -2.37. The van der Waals surface area contributed by atoms with Crippen molar-refractivity contribution in [3.8, 4) is 0 Å². The van der Waals surface area contributed by atoms with Crippen molar-refractivity contribution in [1.29, 1.82) is 0 Å². The summed E-state index contributed by atoms with van der Waals surface area (Å²) in [6.07, 6.45) is 5.40. The Morgan fingerprint density at radius 3 is 2.54 bits per heavy atom. The minimum Gasteiger partial charge on any atom is -0.348 e. The molecule has 1 aromatic carbocycles. The van der Waals surface area contributed by atoms with Crippen LogP contribution in [0.15, 0.2) is 24.3 Å². The zero-order valence-corrected chi connectivity index (χ0v) is 14.3. The number of anilines is 2. The molecule has 2 aromatic rings. The number of hydrogen-bond acceptors (Lipinski definition) is 4. The van der Waals surface area contributed by atoms with E-state index < -0.39 is 0 Å². The molecule has 0 spiro atoms. The number of aryl methyl sites for hydroxylation is 1. The first-order valence-electron chi connectivity index (χ1n) is 8.73. The molecule has 1 saturated carbocycles. The van der Waals surface area contributed by atoms with Crippen LogP contribution in [0.2, 0.25) is 0 Å². The average molecular weight is 327 g/mol.